The largest absolute Gasteiger partial charge is 0.487 e. The van der Waals surface area contributed by atoms with Gasteiger partial charge in [0.05, 0.1) is 5.69 Å². The van der Waals surface area contributed by atoms with Gasteiger partial charge in [-0.1, -0.05) is 38.0 Å². The molecule has 3 aromatic rings. The van der Waals surface area contributed by atoms with Gasteiger partial charge in [0.15, 0.2) is 5.43 Å². The Morgan fingerprint density at radius 3 is 2.81 bits per heavy atom. The first-order valence-corrected chi connectivity index (χ1v) is 11.2. The Kier molecular flexibility index (Phi) is 6.40. The summed E-state index contributed by atoms with van der Waals surface area (Å²) < 4.78 is 6.03. The van der Waals surface area contributed by atoms with Gasteiger partial charge in [0.2, 0.25) is 5.91 Å². The lowest BCUT2D eigenvalue weighted by Gasteiger charge is -2.29. The molecule has 0 unspecified atom stereocenters. The van der Waals surface area contributed by atoms with Crippen molar-refractivity contribution in [1.29, 1.82) is 0 Å². The summed E-state index contributed by atoms with van der Waals surface area (Å²) in [6.45, 7) is 5.74. The minimum absolute atomic E-state index is 0.0436. The highest BCUT2D eigenvalue weighted by Crippen LogP contribution is 2.25. The zero-order valence-corrected chi connectivity index (χ0v) is 18.4. The molecule has 0 radical (unpaired) electrons. The molecule has 1 N–H and O–H groups in total. The van der Waals surface area contributed by atoms with E-state index in [2.05, 4.69) is 24.0 Å². The fourth-order valence-electron chi connectivity index (χ4n) is 4.20. The van der Waals surface area contributed by atoms with Gasteiger partial charge in [-0.15, -0.1) is 0 Å². The van der Waals surface area contributed by atoms with Crippen LogP contribution < -0.4 is 10.2 Å². The molecule has 0 atom stereocenters. The van der Waals surface area contributed by atoms with Crippen molar-refractivity contribution < 1.29 is 9.53 Å². The summed E-state index contributed by atoms with van der Waals surface area (Å²) >= 11 is 0. The van der Waals surface area contributed by atoms with Gasteiger partial charge in [0.25, 0.3) is 0 Å². The molecule has 1 aromatic heterocycles. The Hall–Kier alpha value is -3.08. The van der Waals surface area contributed by atoms with Crippen molar-refractivity contribution in [3.05, 3.63) is 75.1 Å². The van der Waals surface area contributed by atoms with Gasteiger partial charge in [-0.05, 0) is 55.2 Å². The summed E-state index contributed by atoms with van der Waals surface area (Å²) in [4.78, 5) is 30.4. The van der Waals surface area contributed by atoms with Gasteiger partial charge >= 0.3 is 0 Å². The summed E-state index contributed by atoms with van der Waals surface area (Å²) in [5.41, 5.74) is 4.78. The molecular formula is C26H30N2O3. The number of nitrogens with zero attached hydrogens (tertiary/aromatic N) is 1. The first kappa shape index (κ1) is 21.2. The molecule has 5 heteroatoms. The lowest BCUT2D eigenvalue weighted by atomic mass is 9.99. The van der Waals surface area contributed by atoms with Gasteiger partial charge < -0.3 is 14.6 Å². The van der Waals surface area contributed by atoms with Crippen LogP contribution in [0.3, 0.4) is 0 Å². The van der Waals surface area contributed by atoms with E-state index in [-0.39, 0.29) is 11.3 Å². The fraction of sp³-hybridized carbons (Fsp3) is 0.385. The van der Waals surface area contributed by atoms with Gasteiger partial charge in [0.1, 0.15) is 12.4 Å². The van der Waals surface area contributed by atoms with Crippen molar-refractivity contribution in [3.8, 4) is 5.75 Å². The van der Waals surface area contributed by atoms with E-state index < -0.39 is 0 Å². The van der Waals surface area contributed by atoms with Crippen LogP contribution in [0.25, 0.3) is 10.9 Å². The quantitative estimate of drug-likeness (QED) is 0.556. The maximum Gasteiger partial charge on any atom is 0.222 e. The van der Waals surface area contributed by atoms with Gasteiger partial charge in [-0.25, -0.2) is 0 Å². The molecule has 0 fully saturated rings. The van der Waals surface area contributed by atoms with E-state index in [0.717, 1.165) is 49.2 Å². The monoisotopic (exact) mass is 418 g/mol. The van der Waals surface area contributed by atoms with Crippen molar-refractivity contribution in [2.45, 2.75) is 59.1 Å². The number of carbonyl (C=O) groups excluding carboxylic acids is 1. The van der Waals surface area contributed by atoms with E-state index in [1.165, 1.54) is 11.1 Å². The highest BCUT2D eigenvalue weighted by Gasteiger charge is 2.20. The van der Waals surface area contributed by atoms with Gasteiger partial charge in [0, 0.05) is 36.0 Å². The van der Waals surface area contributed by atoms with Crippen LogP contribution in [0.4, 0.5) is 0 Å². The number of pyridine rings is 1. The fourth-order valence-corrected chi connectivity index (χ4v) is 4.20. The molecule has 0 saturated heterocycles. The number of H-pyrrole nitrogens is 1. The average molecular weight is 419 g/mol. The molecular weight excluding hydrogens is 388 g/mol. The smallest absolute Gasteiger partial charge is 0.222 e. The highest BCUT2D eigenvalue weighted by atomic mass is 16.5. The molecule has 5 nitrogen and oxygen atoms in total. The molecule has 1 amide bonds. The highest BCUT2D eigenvalue weighted by molar-refractivity contribution is 5.79. The molecule has 31 heavy (non-hydrogen) atoms. The minimum Gasteiger partial charge on any atom is -0.487 e. The zero-order chi connectivity index (χ0) is 21.8. The Morgan fingerprint density at radius 1 is 1.13 bits per heavy atom. The maximum atomic E-state index is 12.6. The predicted molar refractivity (Wildman–Crippen MR) is 123 cm³/mol. The molecule has 2 aromatic carbocycles. The van der Waals surface area contributed by atoms with Crippen LogP contribution in [0.1, 0.15) is 55.0 Å². The normalized spacial score (nSPS) is 13.3. The Bertz CT molecular complexity index is 1150. The topological polar surface area (TPSA) is 62.4 Å². The van der Waals surface area contributed by atoms with E-state index >= 15 is 0 Å². The second-order valence-electron chi connectivity index (χ2n) is 8.34. The van der Waals surface area contributed by atoms with Crippen molar-refractivity contribution in [3.63, 3.8) is 0 Å². The van der Waals surface area contributed by atoms with E-state index in [1.54, 1.807) is 0 Å². The summed E-state index contributed by atoms with van der Waals surface area (Å²) in [6.07, 6.45) is 4.71. The second-order valence-corrected chi connectivity index (χ2v) is 8.34. The molecule has 0 spiro atoms. The number of unbranched alkanes of at least 4 members (excludes halogenated alkanes) is 2. The number of hydrogen-bond acceptors (Lipinski definition) is 3. The number of nitrogens with one attached hydrogen (secondary N) is 1. The molecule has 4 rings (SSSR count). The Labute approximate surface area is 183 Å². The van der Waals surface area contributed by atoms with E-state index in [4.69, 9.17) is 4.74 Å². The third kappa shape index (κ3) is 4.66. The van der Waals surface area contributed by atoms with E-state index in [1.807, 2.05) is 42.2 Å². The molecule has 1 aliphatic heterocycles. The van der Waals surface area contributed by atoms with Crippen LogP contribution in [-0.2, 0) is 24.4 Å². The number of carbonyl (C=O) groups is 1. The number of amides is 1. The zero-order valence-electron chi connectivity index (χ0n) is 18.4. The van der Waals surface area contributed by atoms with E-state index in [9.17, 15) is 9.59 Å². The molecule has 0 aliphatic carbocycles. The van der Waals surface area contributed by atoms with Crippen molar-refractivity contribution >= 4 is 16.8 Å². The third-order valence-corrected chi connectivity index (χ3v) is 6.17. The number of fused-ring (bicyclic) bond motifs is 2. The number of benzene rings is 2. The van der Waals surface area contributed by atoms with Crippen molar-refractivity contribution in [2.75, 3.05) is 6.54 Å². The number of rotatable bonds is 7. The second kappa shape index (κ2) is 9.38. The van der Waals surface area contributed by atoms with Crippen LogP contribution in [0.2, 0.25) is 0 Å². The maximum absolute atomic E-state index is 12.6. The van der Waals surface area contributed by atoms with Crippen LogP contribution in [0.15, 0.2) is 47.3 Å². The molecule has 1 aliphatic rings. The van der Waals surface area contributed by atoms with Crippen molar-refractivity contribution in [2.24, 2.45) is 0 Å². The number of aromatic nitrogens is 1. The Balaban J connectivity index is 1.43. The Morgan fingerprint density at radius 2 is 1.97 bits per heavy atom. The molecule has 162 valence electrons. The standard InChI is InChI=1S/C26H30N2O3/c1-3-4-5-10-25(29)28-14-13-19-15-21(12-11-20(19)16-28)31-17-24-18(2)26(30)22-8-6-7-9-23(22)27-24/h6-9,11-12,15H,3-5,10,13-14,16-17H2,1-2H3,(H,27,30). The molecule has 0 bridgehead atoms. The summed E-state index contributed by atoms with van der Waals surface area (Å²) in [7, 11) is 0. The lowest BCUT2D eigenvalue weighted by molar-refractivity contribution is -0.132. The van der Waals surface area contributed by atoms with Crippen LogP contribution in [0, 0.1) is 6.92 Å². The number of aromatic amines is 1. The minimum atomic E-state index is 0.0436. The lowest BCUT2D eigenvalue weighted by Crippen LogP contribution is -2.35. The first-order chi connectivity index (χ1) is 15.1. The van der Waals surface area contributed by atoms with Crippen LogP contribution in [-0.4, -0.2) is 22.3 Å². The van der Waals surface area contributed by atoms with Gasteiger partial charge in [-0.3, -0.25) is 9.59 Å². The predicted octanol–water partition coefficient (Wildman–Crippen LogP) is 4.88. The van der Waals surface area contributed by atoms with Gasteiger partial charge in [-0.2, -0.15) is 0 Å². The van der Waals surface area contributed by atoms with Crippen LogP contribution in [0.5, 0.6) is 5.75 Å². The third-order valence-electron chi connectivity index (χ3n) is 6.17. The van der Waals surface area contributed by atoms with E-state index in [0.29, 0.717) is 30.5 Å². The molecule has 2 heterocycles. The van der Waals surface area contributed by atoms with Crippen molar-refractivity contribution in [1.82, 2.24) is 9.88 Å². The SMILES string of the molecule is CCCCCC(=O)N1CCc2cc(OCc3[nH]c4ccccc4c(=O)c3C)ccc2C1. The number of ether oxygens (including phenoxy) is 1. The first-order valence-electron chi connectivity index (χ1n) is 11.2. The number of hydrogen-bond donors (Lipinski definition) is 1. The summed E-state index contributed by atoms with van der Waals surface area (Å²) in [6, 6.07) is 13.6. The summed E-state index contributed by atoms with van der Waals surface area (Å²) in [5, 5.41) is 0.700. The summed E-state index contributed by atoms with van der Waals surface area (Å²) in [5.74, 6) is 1.05. The molecule has 0 saturated carbocycles. The van der Waals surface area contributed by atoms with Crippen LogP contribution >= 0.6 is 0 Å². The number of para-hydroxylation sites is 1. The average Bonchev–Trinajstić information content (AvgIpc) is 2.80.